The number of anilines is 1. The number of carbonyl (C=O) groups is 1. The Balaban J connectivity index is 2.09. The van der Waals surface area contributed by atoms with Crippen molar-refractivity contribution in [3.05, 3.63) is 22.3 Å². The number of hydrogen-bond donors (Lipinski definition) is 3. The van der Waals surface area contributed by atoms with E-state index in [1.165, 1.54) is 19.3 Å². The molecule has 4 N–H and O–H groups in total. The van der Waals surface area contributed by atoms with Crippen LogP contribution in [0.2, 0.25) is 0 Å². The Hall–Kier alpha value is -1.14. The zero-order chi connectivity index (χ0) is 13.0. The van der Waals surface area contributed by atoms with Gasteiger partial charge in [-0.05, 0) is 34.8 Å². The fourth-order valence-corrected chi connectivity index (χ4v) is 2.57. The summed E-state index contributed by atoms with van der Waals surface area (Å²) in [6.07, 6.45) is 7.34. The molecule has 0 aliphatic heterocycles. The Labute approximate surface area is 115 Å². The third-order valence-corrected chi connectivity index (χ3v) is 3.61. The highest BCUT2D eigenvalue weighted by atomic mass is 79.9. The summed E-state index contributed by atoms with van der Waals surface area (Å²) >= 11 is 3.31. The lowest BCUT2D eigenvalue weighted by molar-refractivity contribution is 0.0928. The molecule has 0 atom stereocenters. The lowest BCUT2D eigenvalue weighted by atomic mass is 9.95. The molecule has 0 spiro atoms. The van der Waals surface area contributed by atoms with E-state index in [-0.39, 0.29) is 11.9 Å². The topological polar surface area (TPSA) is 80.0 Å². The molecule has 1 aromatic rings. The quantitative estimate of drug-likeness (QED) is 0.590. The van der Waals surface area contributed by atoms with Gasteiger partial charge in [0.2, 0.25) is 0 Å². The standard InChI is InChI=1S/C12H17BrN4O/c13-8-6-10(11(17-14)15-7-8)12(18)16-9-4-2-1-3-5-9/h6-7,9H,1-5,14H2,(H,15,17)(H,16,18). The fraction of sp³-hybridized carbons (Fsp3) is 0.500. The molecule has 0 radical (unpaired) electrons. The molecule has 18 heavy (non-hydrogen) atoms. The Kier molecular flexibility index (Phi) is 4.54. The Morgan fingerprint density at radius 1 is 1.39 bits per heavy atom. The van der Waals surface area contributed by atoms with Crippen molar-refractivity contribution in [2.24, 2.45) is 5.84 Å². The molecular formula is C12H17BrN4O. The van der Waals surface area contributed by atoms with E-state index < -0.39 is 0 Å². The molecule has 5 nitrogen and oxygen atoms in total. The summed E-state index contributed by atoms with van der Waals surface area (Å²) in [7, 11) is 0. The third kappa shape index (κ3) is 3.20. The minimum atomic E-state index is -0.122. The van der Waals surface area contributed by atoms with Gasteiger partial charge in [-0.3, -0.25) is 4.79 Å². The summed E-state index contributed by atoms with van der Waals surface area (Å²) in [6, 6.07) is 2.00. The summed E-state index contributed by atoms with van der Waals surface area (Å²) < 4.78 is 0.760. The van der Waals surface area contributed by atoms with Gasteiger partial charge in [0, 0.05) is 16.7 Å². The smallest absolute Gasteiger partial charge is 0.255 e. The average Bonchev–Trinajstić information content (AvgIpc) is 2.40. The highest BCUT2D eigenvalue weighted by Gasteiger charge is 2.19. The first-order chi connectivity index (χ1) is 8.70. The van der Waals surface area contributed by atoms with E-state index in [0.717, 1.165) is 17.3 Å². The molecule has 0 unspecified atom stereocenters. The Bertz CT molecular complexity index is 432. The molecule has 1 aliphatic carbocycles. The van der Waals surface area contributed by atoms with Crippen molar-refractivity contribution < 1.29 is 4.79 Å². The second kappa shape index (κ2) is 6.15. The molecule has 0 bridgehead atoms. The largest absolute Gasteiger partial charge is 0.349 e. The van der Waals surface area contributed by atoms with Crippen molar-refractivity contribution in [2.75, 3.05) is 5.43 Å². The van der Waals surface area contributed by atoms with Crippen LogP contribution >= 0.6 is 15.9 Å². The average molecular weight is 313 g/mol. The van der Waals surface area contributed by atoms with Crippen LogP contribution in [0.5, 0.6) is 0 Å². The van der Waals surface area contributed by atoms with Crippen LogP contribution in [0.15, 0.2) is 16.7 Å². The number of carbonyl (C=O) groups excluding carboxylic acids is 1. The SMILES string of the molecule is NNc1ncc(Br)cc1C(=O)NC1CCCCC1. The van der Waals surface area contributed by atoms with Crippen LogP contribution in [0.25, 0.3) is 0 Å². The Morgan fingerprint density at radius 2 is 2.11 bits per heavy atom. The normalized spacial score (nSPS) is 16.3. The molecule has 6 heteroatoms. The molecule has 0 aromatic carbocycles. The number of amides is 1. The van der Waals surface area contributed by atoms with Crippen LogP contribution in [0.1, 0.15) is 42.5 Å². The second-order valence-corrected chi connectivity index (χ2v) is 5.42. The monoisotopic (exact) mass is 312 g/mol. The fourth-order valence-electron chi connectivity index (χ4n) is 2.24. The molecule has 0 saturated heterocycles. The van der Waals surface area contributed by atoms with Crippen molar-refractivity contribution in [1.29, 1.82) is 0 Å². The van der Waals surface area contributed by atoms with Crippen LogP contribution in [-0.2, 0) is 0 Å². The summed E-state index contributed by atoms with van der Waals surface area (Å²) in [4.78, 5) is 16.2. The number of nitrogen functional groups attached to an aromatic ring is 1. The maximum absolute atomic E-state index is 12.2. The first kappa shape index (κ1) is 13.3. The van der Waals surface area contributed by atoms with E-state index in [0.29, 0.717) is 11.4 Å². The minimum Gasteiger partial charge on any atom is -0.349 e. The minimum absolute atomic E-state index is 0.122. The van der Waals surface area contributed by atoms with Crippen molar-refractivity contribution in [3.63, 3.8) is 0 Å². The van der Waals surface area contributed by atoms with Crippen LogP contribution in [0, 0.1) is 0 Å². The van der Waals surface area contributed by atoms with E-state index in [1.807, 2.05) is 0 Å². The zero-order valence-electron chi connectivity index (χ0n) is 10.1. The van der Waals surface area contributed by atoms with E-state index in [2.05, 4.69) is 31.7 Å². The molecule has 1 aliphatic rings. The molecule has 2 rings (SSSR count). The predicted octanol–water partition coefficient (Wildman–Crippen LogP) is 2.19. The molecule has 1 saturated carbocycles. The number of halogens is 1. The number of hydrazine groups is 1. The van der Waals surface area contributed by atoms with Crippen molar-refractivity contribution in [2.45, 2.75) is 38.1 Å². The number of nitrogens with one attached hydrogen (secondary N) is 2. The molecule has 1 heterocycles. The second-order valence-electron chi connectivity index (χ2n) is 4.50. The number of pyridine rings is 1. The highest BCUT2D eigenvalue weighted by molar-refractivity contribution is 9.10. The van der Waals surface area contributed by atoms with Gasteiger partial charge >= 0.3 is 0 Å². The summed E-state index contributed by atoms with van der Waals surface area (Å²) in [5.41, 5.74) is 2.92. The van der Waals surface area contributed by atoms with E-state index in [1.54, 1.807) is 12.3 Å². The number of nitrogens with two attached hydrogens (primary N) is 1. The van der Waals surface area contributed by atoms with Crippen LogP contribution in [-0.4, -0.2) is 16.9 Å². The van der Waals surface area contributed by atoms with Gasteiger partial charge in [0.1, 0.15) is 0 Å². The first-order valence-corrected chi connectivity index (χ1v) is 6.93. The van der Waals surface area contributed by atoms with Gasteiger partial charge < -0.3 is 10.7 Å². The molecule has 98 valence electrons. The lowest BCUT2D eigenvalue weighted by Crippen LogP contribution is -2.36. The van der Waals surface area contributed by atoms with E-state index >= 15 is 0 Å². The predicted molar refractivity (Wildman–Crippen MR) is 74.1 cm³/mol. The molecule has 1 fully saturated rings. The van der Waals surface area contributed by atoms with Gasteiger partial charge in [0.05, 0.1) is 5.56 Å². The van der Waals surface area contributed by atoms with Crippen molar-refractivity contribution >= 4 is 27.7 Å². The van der Waals surface area contributed by atoms with E-state index in [4.69, 9.17) is 5.84 Å². The molecular weight excluding hydrogens is 296 g/mol. The summed E-state index contributed by atoms with van der Waals surface area (Å²) in [5.74, 6) is 5.64. The summed E-state index contributed by atoms with van der Waals surface area (Å²) in [6.45, 7) is 0. The number of rotatable bonds is 3. The lowest BCUT2D eigenvalue weighted by Gasteiger charge is -2.23. The first-order valence-electron chi connectivity index (χ1n) is 6.13. The van der Waals surface area contributed by atoms with Crippen molar-refractivity contribution in [3.8, 4) is 0 Å². The van der Waals surface area contributed by atoms with Gasteiger partial charge in [-0.15, -0.1) is 0 Å². The van der Waals surface area contributed by atoms with E-state index in [9.17, 15) is 4.79 Å². The van der Waals surface area contributed by atoms with Gasteiger partial charge in [-0.2, -0.15) is 0 Å². The maximum Gasteiger partial charge on any atom is 0.255 e. The van der Waals surface area contributed by atoms with Crippen LogP contribution in [0.4, 0.5) is 5.82 Å². The van der Waals surface area contributed by atoms with Gasteiger partial charge in [0.15, 0.2) is 5.82 Å². The number of hydrogen-bond acceptors (Lipinski definition) is 4. The highest BCUT2D eigenvalue weighted by Crippen LogP contribution is 2.20. The zero-order valence-corrected chi connectivity index (χ0v) is 11.7. The van der Waals surface area contributed by atoms with Crippen molar-refractivity contribution in [1.82, 2.24) is 10.3 Å². The maximum atomic E-state index is 12.2. The third-order valence-electron chi connectivity index (χ3n) is 3.18. The number of nitrogens with zero attached hydrogens (tertiary/aromatic N) is 1. The van der Waals surface area contributed by atoms with Crippen LogP contribution in [0.3, 0.4) is 0 Å². The molecule has 1 aromatic heterocycles. The summed E-state index contributed by atoms with van der Waals surface area (Å²) in [5, 5.41) is 3.04. The van der Waals surface area contributed by atoms with Gasteiger partial charge in [-0.1, -0.05) is 19.3 Å². The Morgan fingerprint density at radius 3 is 2.78 bits per heavy atom. The van der Waals surface area contributed by atoms with Crippen LogP contribution < -0.4 is 16.6 Å². The number of aromatic nitrogens is 1. The van der Waals surface area contributed by atoms with Gasteiger partial charge in [-0.25, -0.2) is 10.8 Å². The molecule has 1 amide bonds. The van der Waals surface area contributed by atoms with Gasteiger partial charge in [0.25, 0.3) is 5.91 Å².